The van der Waals surface area contributed by atoms with E-state index in [1.54, 1.807) is 12.4 Å². The lowest BCUT2D eigenvalue weighted by molar-refractivity contribution is 1.12. The lowest BCUT2D eigenvalue weighted by atomic mass is 10.3. The molecule has 4 nitrogen and oxygen atoms in total. The fourth-order valence-electron chi connectivity index (χ4n) is 1.41. The van der Waals surface area contributed by atoms with Gasteiger partial charge in [-0.25, -0.2) is 4.98 Å². The predicted molar refractivity (Wildman–Crippen MR) is 86.3 cm³/mol. The van der Waals surface area contributed by atoms with Gasteiger partial charge in [0, 0.05) is 20.3 Å². The van der Waals surface area contributed by atoms with Crippen LogP contribution in [0.15, 0.2) is 35.1 Å². The third-order valence-corrected chi connectivity index (χ3v) is 4.52. The van der Waals surface area contributed by atoms with Crippen molar-refractivity contribution in [3.63, 3.8) is 0 Å². The van der Waals surface area contributed by atoms with Gasteiger partial charge in [-0.1, -0.05) is 0 Å². The normalized spacial score (nSPS) is 10.2. The Morgan fingerprint density at radius 3 is 2.78 bits per heavy atom. The summed E-state index contributed by atoms with van der Waals surface area (Å²) in [6.45, 7) is 2.85. The number of benzene rings is 1. The molecule has 1 aromatic carbocycles. The molecular formula is C12H12BrIN4. The zero-order valence-electron chi connectivity index (χ0n) is 9.74. The van der Waals surface area contributed by atoms with Crippen molar-refractivity contribution in [2.45, 2.75) is 6.92 Å². The highest BCUT2D eigenvalue weighted by Crippen LogP contribution is 2.24. The minimum atomic E-state index is 0.724. The van der Waals surface area contributed by atoms with E-state index in [1.807, 2.05) is 25.1 Å². The van der Waals surface area contributed by atoms with E-state index in [-0.39, 0.29) is 0 Å². The molecule has 0 aliphatic heterocycles. The maximum absolute atomic E-state index is 4.41. The maximum Gasteiger partial charge on any atom is 0.151 e. The van der Waals surface area contributed by atoms with Gasteiger partial charge in [0.15, 0.2) is 5.82 Å². The van der Waals surface area contributed by atoms with Crippen LogP contribution in [0.2, 0.25) is 0 Å². The number of anilines is 3. The van der Waals surface area contributed by atoms with Crippen molar-refractivity contribution in [2.75, 3.05) is 17.2 Å². The van der Waals surface area contributed by atoms with Crippen LogP contribution in [0.3, 0.4) is 0 Å². The highest BCUT2D eigenvalue weighted by molar-refractivity contribution is 14.1. The van der Waals surface area contributed by atoms with Crippen LogP contribution in [0.4, 0.5) is 17.3 Å². The zero-order valence-corrected chi connectivity index (χ0v) is 13.5. The molecule has 6 heteroatoms. The summed E-state index contributed by atoms with van der Waals surface area (Å²) in [4.78, 5) is 8.55. The van der Waals surface area contributed by atoms with Gasteiger partial charge in [0.2, 0.25) is 0 Å². The molecule has 0 spiro atoms. The van der Waals surface area contributed by atoms with Gasteiger partial charge in [-0.05, 0) is 63.6 Å². The van der Waals surface area contributed by atoms with Crippen molar-refractivity contribution in [1.82, 2.24) is 9.97 Å². The standard InChI is InChI=1S/C12H12BrIN4/c1-2-16-11-6-15-7-12(18-11)17-8-3-4-10(14)9(13)5-8/h3-7H,2H2,1H3,(H2,16,17,18). The molecule has 0 bridgehead atoms. The Morgan fingerprint density at radius 2 is 2.06 bits per heavy atom. The van der Waals surface area contributed by atoms with Gasteiger partial charge in [0.05, 0.1) is 12.4 Å². The molecule has 0 aliphatic carbocycles. The number of hydrogen-bond acceptors (Lipinski definition) is 4. The first-order chi connectivity index (χ1) is 8.69. The molecule has 2 aromatic rings. The first kappa shape index (κ1) is 13.5. The summed E-state index contributed by atoms with van der Waals surface area (Å²) in [5, 5.41) is 6.35. The molecule has 2 N–H and O–H groups in total. The summed E-state index contributed by atoms with van der Waals surface area (Å²) in [5.74, 6) is 1.49. The Bertz CT molecular complexity index is 547. The molecule has 0 aliphatic rings. The SMILES string of the molecule is CCNc1cncc(Nc2ccc(I)c(Br)c2)n1. The summed E-state index contributed by atoms with van der Waals surface area (Å²) >= 11 is 5.78. The zero-order chi connectivity index (χ0) is 13.0. The van der Waals surface area contributed by atoms with E-state index in [4.69, 9.17) is 0 Å². The van der Waals surface area contributed by atoms with E-state index in [0.717, 1.165) is 28.3 Å². The Hall–Kier alpha value is -0.890. The number of rotatable bonds is 4. The van der Waals surface area contributed by atoms with Crippen molar-refractivity contribution in [1.29, 1.82) is 0 Å². The van der Waals surface area contributed by atoms with Crippen LogP contribution in [0, 0.1) is 3.57 Å². The van der Waals surface area contributed by atoms with Crippen LogP contribution >= 0.6 is 38.5 Å². The second kappa shape index (κ2) is 6.33. The first-order valence-corrected chi connectivity index (χ1v) is 7.34. The quantitative estimate of drug-likeness (QED) is 0.736. The second-order valence-electron chi connectivity index (χ2n) is 3.57. The first-order valence-electron chi connectivity index (χ1n) is 5.47. The summed E-state index contributed by atoms with van der Waals surface area (Å²) in [6.07, 6.45) is 3.41. The fourth-order valence-corrected chi connectivity index (χ4v) is 2.13. The number of nitrogens with zero attached hydrogens (tertiary/aromatic N) is 2. The lowest BCUT2D eigenvalue weighted by Gasteiger charge is -2.08. The fraction of sp³-hybridized carbons (Fsp3) is 0.167. The van der Waals surface area contributed by atoms with E-state index in [0.29, 0.717) is 0 Å². The molecular weight excluding hydrogens is 407 g/mol. The van der Waals surface area contributed by atoms with Gasteiger partial charge in [-0.2, -0.15) is 0 Å². The third kappa shape index (κ3) is 3.55. The second-order valence-corrected chi connectivity index (χ2v) is 5.59. The van der Waals surface area contributed by atoms with E-state index in [9.17, 15) is 0 Å². The van der Waals surface area contributed by atoms with E-state index >= 15 is 0 Å². The molecule has 0 unspecified atom stereocenters. The minimum absolute atomic E-state index is 0.724. The van der Waals surface area contributed by atoms with Crippen LogP contribution in [-0.2, 0) is 0 Å². The molecule has 0 fully saturated rings. The van der Waals surface area contributed by atoms with Gasteiger partial charge < -0.3 is 10.6 Å². The van der Waals surface area contributed by atoms with E-state index in [1.165, 1.54) is 3.57 Å². The average molecular weight is 419 g/mol. The molecule has 0 saturated carbocycles. The highest BCUT2D eigenvalue weighted by Gasteiger charge is 2.01. The monoisotopic (exact) mass is 418 g/mol. The van der Waals surface area contributed by atoms with Crippen molar-refractivity contribution in [3.05, 3.63) is 38.6 Å². The van der Waals surface area contributed by atoms with E-state index < -0.39 is 0 Å². The number of halogens is 2. The number of hydrogen-bond donors (Lipinski definition) is 2. The van der Waals surface area contributed by atoms with Crippen LogP contribution in [-0.4, -0.2) is 16.5 Å². The number of nitrogens with one attached hydrogen (secondary N) is 2. The Labute approximate surface area is 128 Å². The molecule has 1 aromatic heterocycles. The molecule has 0 amide bonds. The lowest BCUT2D eigenvalue weighted by Crippen LogP contribution is -2.02. The average Bonchev–Trinajstić information content (AvgIpc) is 2.35. The van der Waals surface area contributed by atoms with Gasteiger partial charge in [-0.3, -0.25) is 4.98 Å². The Morgan fingerprint density at radius 1 is 1.28 bits per heavy atom. The smallest absolute Gasteiger partial charge is 0.151 e. The van der Waals surface area contributed by atoms with Crippen LogP contribution in [0.1, 0.15) is 6.92 Å². The topological polar surface area (TPSA) is 49.8 Å². The summed E-state index contributed by atoms with van der Waals surface area (Å²) in [6, 6.07) is 6.06. The summed E-state index contributed by atoms with van der Waals surface area (Å²) < 4.78 is 2.23. The van der Waals surface area contributed by atoms with Gasteiger partial charge in [0.25, 0.3) is 0 Å². The van der Waals surface area contributed by atoms with E-state index in [2.05, 4.69) is 59.1 Å². The van der Waals surface area contributed by atoms with Gasteiger partial charge in [-0.15, -0.1) is 0 Å². The van der Waals surface area contributed by atoms with Crippen molar-refractivity contribution in [2.24, 2.45) is 0 Å². The Kier molecular flexibility index (Phi) is 4.76. The summed E-state index contributed by atoms with van der Waals surface area (Å²) in [7, 11) is 0. The molecule has 1 heterocycles. The minimum Gasteiger partial charge on any atom is -0.369 e. The number of aromatic nitrogens is 2. The maximum atomic E-state index is 4.41. The van der Waals surface area contributed by atoms with Crippen molar-refractivity contribution >= 4 is 55.8 Å². The predicted octanol–water partition coefficient (Wildman–Crippen LogP) is 4.02. The molecule has 0 radical (unpaired) electrons. The van der Waals surface area contributed by atoms with Crippen molar-refractivity contribution < 1.29 is 0 Å². The van der Waals surface area contributed by atoms with Crippen LogP contribution in [0.25, 0.3) is 0 Å². The molecule has 2 rings (SSSR count). The highest BCUT2D eigenvalue weighted by atomic mass is 127. The third-order valence-electron chi connectivity index (χ3n) is 2.18. The van der Waals surface area contributed by atoms with Crippen LogP contribution < -0.4 is 10.6 Å². The molecule has 0 atom stereocenters. The van der Waals surface area contributed by atoms with Crippen LogP contribution in [0.5, 0.6) is 0 Å². The van der Waals surface area contributed by atoms with Crippen molar-refractivity contribution in [3.8, 4) is 0 Å². The molecule has 18 heavy (non-hydrogen) atoms. The largest absolute Gasteiger partial charge is 0.369 e. The molecule has 0 saturated heterocycles. The van der Waals surface area contributed by atoms with Gasteiger partial charge >= 0.3 is 0 Å². The van der Waals surface area contributed by atoms with Gasteiger partial charge in [0.1, 0.15) is 5.82 Å². The summed E-state index contributed by atoms with van der Waals surface area (Å²) in [5.41, 5.74) is 0.977. The molecule has 94 valence electrons. The Balaban J connectivity index is 2.17.